The van der Waals surface area contributed by atoms with E-state index in [1.54, 1.807) is 13.0 Å². The van der Waals surface area contributed by atoms with Crippen molar-refractivity contribution < 1.29 is 8.42 Å². The van der Waals surface area contributed by atoms with Crippen molar-refractivity contribution >= 4 is 44.6 Å². The van der Waals surface area contributed by atoms with Gasteiger partial charge in [-0.15, -0.1) is 11.3 Å². The number of thiophene rings is 1. The minimum absolute atomic E-state index is 0.00919. The maximum absolute atomic E-state index is 12.3. The number of benzene rings is 1. The number of rotatable bonds is 4. The third-order valence-electron chi connectivity index (χ3n) is 2.48. The third kappa shape index (κ3) is 3.49. The largest absolute Gasteiger partial charge is 0.242 e. The topological polar surface area (TPSA) is 46.2 Å². The van der Waals surface area contributed by atoms with Crippen LogP contribution in [-0.2, 0) is 10.0 Å². The number of hydrogen-bond donors (Lipinski definition) is 1. The summed E-state index contributed by atoms with van der Waals surface area (Å²) in [7, 11) is -3.70. The molecule has 0 aliphatic carbocycles. The molecular formula is C12H11Cl2NO2S2. The minimum atomic E-state index is -3.70. The van der Waals surface area contributed by atoms with Gasteiger partial charge in [0.2, 0.25) is 10.0 Å². The first-order valence-corrected chi connectivity index (χ1v) is 8.53. The van der Waals surface area contributed by atoms with E-state index in [-0.39, 0.29) is 16.0 Å². The van der Waals surface area contributed by atoms with Gasteiger partial charge >= 0.3 is 0 Å². The molecule has 1 unspecified atom stereocenters. The molecular weight excluding hydrogens is 325 g/mol. The Morgan fingerprint density at radius 2 is 2.00 bits per heavy atom. The van der Waals surface area contributed by atoms with Crippen LogP contribution in [0.2, 0.25) is 10.0 Å². The first-order chi connectivity index (χ1) is 8.90. The first kappa shape index (κ1) is 14.8. The molecule has 0 amide bonds. The SMILES string of the molecule is CC(NS(=O)(=O)c1cc(Cl)ccc1Cl)c1cccs1. The van der Waals surface area contributed by atoms with Gasteiger partial charge in [-0.3, -0.25) is 0 Å². The van der Waals surface area contributed by atoms with E-state index < -0.39 is 10.0 Å². The van der Waals surface area contributed by atoms with E-state index in [0.29, 0.717) is 5.02 Å². The molecule has 0 fully saturated rings. The summed E-state index contributed by atoms with van der Waals surface area (Å²) in [5, 5.41) is 2.37. The molecule has 0 radical (unpaired) electrons. The van der Waals surface area contributed by atoms with E-state index >= 15 is 0 Å². The zero-order chi connectivity index (χ0) is 14.0. The van der Waals surface area contributed by atoms with Gasteiger partial charge < -0.3 is 0 Å². The van der Waals surface area contributed by atoms with Crippen LogP contribution in [0, 0.1) is 0 Å². The average molecular weight is 336 g/mol. The maximum atomic E-state index is 12.3. The second-order valence-corrected chi connectivity index (χ2v) is 7.44. The summed E-state index contributed by atoms with van der Waals surface area (Å²) < 4.78 is 27.1. The Balaban J connectivity index is 2.30. The summed E-state index contributed by atoms with van der Waals surface area (Å²) in [4.78, 5) is 0.923. The van der Waals surface area contributed by atoms with Crippen LogP contribution >= 0.6 is 34.5 Å². The molecule has 1 N–H and O–H groups in total. The highest BCUT2D eigenvalue weighted by Crippen LogP contribution is 2.27. The molecule has 1 atom stereocenters. The lowest BCUT2D eigenvalue weighted by Gasteiger charge is -2.13. The van der Waals surface area contributed by atoms with Crippen molar-refractivity contribution in [1.82, 2.24) is 4.72 Å². The molecule has 102 valence electrons. The average Bonchev–Trinajstić information content (AvgIpc) is 2.85. The highest BCUT2D eigenvalue weighted by molar-refractivity contribution is 7.89. The smallest absolute Gasteiger partial charge is 0.207 e. The highest BCUT2D eigenvalue weighted by Gasteiger charge is 2.21. The van der Waals surface area contributed by atoms with Crippen molar-refractivity contribution in [2.75, 3.05) is 0 Å². The van der Waals surface area contributed by atoms with Gasteiger partial charge in [0.25, 0.3) is 0 Å². The molecule has 1 aromatic carbocycles. The van der Waals surface area contributed by atoms with Gasteiger partial charge in [0.15, 0.2) is 0 Å². The van der Waals surface area contributed by atoms with Gasteiger partial charge in [-0.05, 0) is 36.6 Å². The molecule has 2 aromatic rings. The summed E-state index contributed by atoms with van der Waals surface area (Å²) >= 11 is 13.2. The Hall–Kier alpha value is -0.590. The molecule has 1 aromatic heterocycles. The van der Waals surface area contributed by atoms with Crippen molar-refractivity contribution in [3.05, 3.63) is 50.6 Å². The van der Waals surface area contributed by atoms with Crippen LogP contribution in [-0.4, -0.2) is 8.42 Å². The fourth-order valence-corrected chi connectivity index (χ4v) is 4.37. The van der Waals surface area contributed by atoms with Gasteiger partial charge in [0, 0.05) is 9.90 Å². The lowest BCUT2D eigenvalue weighted by Crippen LogP contribution is -2.26. The fourth-order valence-electron chi connectivity index (χ4n) is 1.58. The van der Waals surface area contributed by atoms with E-state index in [1.807, 2.05) is 17.5 Å². The lowest BCUT2D eigenvalue weighted by molar-refractivity contribution is 0.568. The first-order valence-electron chi connectivity index (χ1n) is 5.41. The minimum Gasteiger partial charge on any atom is -0.207 e. The van der Waals surface area contributed by atoms with Crippen LogP contribution < -0.4 is 4.72 Å². The van der Waals surface area contributed by atoms with Crippen LogP contribution in [0.5, 0.6) is 0 Å². The van der Waals surface area contributed by atoms with E-state index in [2.05, 4.69) is 4.72 Å². The zero-order valence-electron chi connectivity index (χ0n) is 9.93. The summed E-state index contributed by atoms with van der Waals surface area (Å²) in [6.07, 6.45) is 0. The quantitative estimate of drug-likeness (QED) is 0.914. The Bertz CT molecular complexity index is 669. The molecule has 0 aliphatic heterocycles. The fraction of sp³-hybridized carbons (Fsp3) is 0.167. The molecule has 7 heteroatoms. The molecule has 3 nitrogen and oxygen atoms in total. The Morgan fingerprint density at radius 3 is 2.63 bits per heavy atom. The van der Waals surface area contributed by atoms with Crippen LogP contribution in [0.3, 0.4) is 0 Å². The summed E-state index contributed by atoms with van der Waals surface area (Å²) in [6.45, 7) is 1.78. The molecule has 0 saturated carbocycles. The van der Waals surface area contributed by atoms with Crippen molar-refractivity contribution in [2.45, 2.75) is 17.9 Å². The Morgan fingerprint density at radius 1 is 1.26 bits per heavy atom. The molecule has 19 heavy (non-hydrogen) atoms. The molecule has 0 spiro atoms. The van der Waals surface area contributed by atoms with Crippen molar-refractivity contribution in [3.63, 3.8) is 0 Å². The standard InChI is InChI=1S/C12H11Cl2NO2S2/c1-8(11-3-2-6-18-11)15-19(16,17)12-7-9(13)4-5-10(12)14/h2-8,15H,1H3. The van der Waals surface area contributed by atoms with E-state index in [0.717, 1.165) is 4.88 Å². The summed E-state index contributed by atoms with van der Waals surface area (Å²) in [6, 6.07) is 7.78. The van der Waals surface area contributed by atoms with Gasteiger partial charge in [0.05, 0.1) is 11.1 Å². The Labute approximate surface area is 126 Å². The van der Waals surface area contributed by atoms with Crippen LogP contribution in [0.4, 0.5) is 0 Å². The molecule has 0 bridgehead atoms. The molecule has 0 aliphatic rings. The third-order valence-corrected chi connectivity index (χ3v) is 5.80. The van der Waals surface area contributed by atoms with Gasteiger partial charge in [-0.1, -0.05) is 29.3 Å². The predicted molar refractivity (Wildman–Crippen MR) is 79.5 cm³/mol. The van der Waals surface area contributed by atoms with Crippen LogP contribution in [0.25, 0.3) is 0 Å². The second-order valence-electron chi connectivity index (χ2n) is 3.93. The van der Waals surface area contributed by atoms with Gasteiger partial charge in [-0.25, -0.2) is 13.1 Å². The molecule has 0 saturated heterocycles. The van der Waals surface area contributed by atoms with Crippen LogP contribution in [0.15, 0.2) is 40.6 Å². The molecule has 1 heterocycles. The van der Waals surface area contributed by atoms with E-state index in [1.165, 1.54) is 23.5 Å². The number of halogens is 2. The second kappa shape index (κ2) is 5.81. The van der Waals surface area contributed by atoms with Gasteiger partial charge in [0.1, 0.15) is 4.90 Å². The summed E-state index contributed by atoms with van der Waals surface area (Å²) in [5.74, 6) is 0. The highest BCUT2D eigenvalue weighted by atomic mass is 35.5. The normalized spacial score (nSPS) is 13.4. The lowest BCUT2D eigenvalue weighted by atomic mass is 10.3. The monoisotopic (exact) mass is 335 g/mol. The predicted octanol–water partition coefficient (Wildman–Crippen LogP) is 4.09. The van der Waals surface area contributed by atoms with E-state index in [4.69, 9.17) is 23.2 Å². The summed E-state index contributed by atoms with van der Waals surface area (Å²) in [5.41, 5.74) is 0. The van der Waals surface area contributed by atoms with Crippen molar-refractivity contribution in [2.24, 2.45) is 0 Å². The maximum Gasteiger partial charge on any atom is 0.242 e. The van der Waals surface area contributed by atoms with Crippen LogP contribution in [0.1, 0.15) is 17.8 Å². The number of sulfonamides is 1. The zero-order valence-corrected chi connectivity index (χ0v) is 13.1. The van der Waals surface area contributed by atoms with Crippen molar-refractivity contribution in [1.29, 1.82) is 0 Å². The number of hydrogen-bond acceptors (Lipinski definition) is 3. The van der Waals surface area contributed by atoms with Gasteiger partial charge in [-0.2, -0.15) is 0 Å². The Kier molecular flexibility index (Phi) is 4.53. The molecule has 2 rings (SSSR count). The number of nitrogens with one attached hydrogen (secondary N) is 1. The van der Waals surface area contributed by atoms with Crippen molar-refractivity contribution in [3.8, 4) is 0 Å². The van der Waals surface area contributed by atoms with E-state index in [9.17, 15) is 8.42 Å².